The number of aromatic nitrogens is 1. The van der Waals surface area contributed by atoms with Gasteiger partial charge in [0, 0.05) is 11.5 Å². The molecular formula is C16H12INO5S. The summed E-state index contributed by atoms with van der Waals surface area (Å²) in [6.45, 7) is 0. The van der Waals surface area contributed by atoms with Gasteiger partial charge >= 0.3 is 5.97 Å². The Hall–Kier alpha value is -2.07. The predicted molar refractivity (Wildman–Crippen MR) is 97.2 cm³/mol. The molecule has 0 spiro atoms. The number of carboxylic acid groups (broad SMARTS) is 1. The molecule has 124 valence electrons. The lowest BCUT2D eigenvalue weighted by atomic mass is 10.2. The maximum atomic E-state index is 13.0. The average molecular weight is 457 g/mol. The van der Waals surface area contributed by atoms with Gasteiger partial charge in [-0.3, -0.25) is 0 Å². The van der Waals surface area contributed by atoms with Gasteiger partial charge in [-0.25, -0.2) is 17.2 Å². The fourth-order valence-electron chi connectivity index (χ4n) is 2.46. The maximum absolute atomic E-state index is 13.0. The first kappa shape index (κ1) is 16.8. The maximum Gasteiger partial charge on any atom is 0.354 e. The molecule has 2 aromatic carbocycles. The third-order valence-electron chi connectivity index (χ3n) is 3.56. The van der Waals surface area contributed by atoms with Crippen molar-refractivity contribution in [2.75, 3.05) is 7.11 Å². The van der Waals surface area contributed by atoms with E-state index in [1.54, 1.807) is 30.3 Å². The fourth-order valence-corrected chi connectivity index (χ4v) is 5.08. The second-order valence-electron chi connectivity index (χ2n) is 4.93. The van der Waals surface area contributed by atoms with Crippen LogP contribution >= 0.6 is 22.6 Å². The van der Waals surface area contributed by atoms with Crippen LogP contribution in [0.4, 0.5) is 0 Å². The second-order valence-corrected chi connectivity index (χ2v) is 7.80. The molecule has 24 heavy (non-hydrogen) atoms. The number of carbonyl (C=O) groups is 1. The molecule has 0 bridgehead atoms. The molecule has 0 fully saturated rings. The zero-order valence-corrected chi connectivity index (χ0v) is 15.4. The number of nitrogens with zero attached hydrogens (tertiary/aromatic N) is 1. The monoisotopic (exact) mass is 457 g/mol. The molecule has 0 saturated carbocycles. The van der Waals surface area contributed by atoms with E-state index < -0.39 is 16.0 Å². The predicted octanol–water partition coefficient (Wildman–Crippen LogP) is 3.19. The molecule has 0 unspecified atom stereocenters. The van der Waals surface area contributed by atoms with Gasteiger partial charge in [-0.15, -0.1) is 0 Å². The smallest absolute Gasteiger partial charge is 0.354 e. The summed E-state index contributed by atoms with van der Waals surface area (Å²) in [7, 11) is -2.61. The van der Waals surface area contributed by atoms with Gasteiger partial charge in [-0.05, 0) is 46.9 Å². The molecular weight excluding hydrogens is 445 g/mol. The van der Waals surface area contributed by atoms with E-state index in [-0.39, 0.29) is 16.1 Å². The SMILES string of the molecule is COc1ccc2c(I)c(C(=O)O)n(S(=O)(=O)c3ccccc3)c2c1. The van der Waals surface area contributed by atoms with Crippen molar-refractivity contribution in [2.24, 2.45) is 0 Å². The number of hydrogen-bond donors (Lipinski definition) is 1. The van der Waals surface area contributed by atoms with Crippen LogP contribution in [0, 0.1) is 3.57 Å². The van der Waals surface area contributed by atoms with E-state index in [2.05, 4.69) is 0 Å². The molecule has 0 aliphatic carbocycles. The molecule has 0 aliphatic rings. The molecule has 3 rings (SSSR count). The molecule has 0 saturated heterocycles. The van der Waals surface area contributed by atoms with Gasteiger partial charge in [0.1, 0.15) is 5.75 Å². The number of halogens is 1. The third kappa shape index (κ3) is 2.55. The summed E-state index contributed by atoms with van der Waals surface area (Å²) in [4.78, 5) is 11.7. The highest BCUT2D eigenvalue weighted by Crippen LogP contribution is 2.33. The van der Waals surface area contributed by atoms with Gasteiger partial charge < -0.3 is 9.84 Å². The Morgan fingerprint density at radius 1 is 1.17 bits per heavy atom. The van der Waals surface area contributed by atoms with Gasteiger partial charge in [0.15, 0.2) is 5.69 Å². The van der Waals surface area contributed by atoms with Gasteiger partial charge in [0.05, 0.1) is 21.1 Å². The Balaban J connectivity index is 2.46. The largest absolute Gasteiger partial charge is 0.497 e. The van der Waals surface area contributed by atoms with Gasteiger partial charge in [0.25, 0.3) is 10.0 Å². The number of fused-ring (bicyclic) bond motifs is 1. The van der Waals surface area contributed by atoms with Crippen molar-refractivity contribution in [2.45, 2.75) is 4.90 Å². The number of hydrogen-bond acceptors (Lipinski definition) is 4. The molecule has 1 aromatic heterocycles. The lowest BCUT2D eigenvalue weighted by molar-refractivity contribution is 0.0688. The van der Waals surface area contributed by atoms with Crippen LogP contribution in [0.15, 0.2) is 53.4 Å². The van der Waals surface area contributed by atoms with Crippen LogP contribution in [-0.2, 0) is 10.0 Å². The van der Waals surface area contributed by atoms with E-state index in [9.17, 15) is 18.3 Å². The third-order valence-corrected chi connectivity index (χ3v) is 6.38. The highest BCUT2D eigenvalue weighted by Gasteiger charge is 2.29. The summed E-state index contributed by atoms with van der Waals surface area (Å²) < 4.78 is 32.5. The molecule has 1 heterocycles. The normalized spacial score (nSPS) is 11.6. The first-order valence-electron chi connectivity index (χ1n) is 6.80. The molecule has 1 N–H and O–H groups in total. The average Bonchev–Trinajstić information content (AvgIpc) is 2.88. The van der Waals surface area contributed by atoms with Crippen molar-refractivity contribution < 1.29 is 23.1 Å². The van der Waals surface area contributed by atoms with E-state index in [1.165, 1.54) is 25.3 Å². The number of carboxylic acids is 1. The number of rotatable bonds is 4. The Bertz CT molecular complexity index is 1040. The highest BCUT2D eigenvalue weighted by molar-refractivity contribution is 14.1. The van der Waals surface area contributed by atoms with Gasteiger partial charge in [-0.2, -0.15) is 0 Å². The van der Waals surface area contributed by atoms with Crippen molar-refractivity contribution in [1.82, 2.24) is 3.97 Å². The minimum Gasteiger partial charge on any atom is -0.497 e. The van der Waals surface area contributed by atoms with Crippen molar-refractivity contribution in [3.8, 4) is 5.75 Å². The molecule has 6 nitrogen and oxygen atoms in total. The summed E-state index contributed by atoms with van der Waals surface area (Å²) in [6, 6.07) is 12.6. The minimum absolute atomic E-state index is 0.0172. The van der Waals surface area contributed by atoms with E-state index in [1.807, 2.05) is 22.6 Å². The molecule has 8 heteroatoms. The highest BCUT2D eigenvalue weighted by atomic mass is 127. The van der Waals surface area contributed by atoms with Crippen molar-refractivity contribution in [1.29, 1.82) is 0 Å². The van der Waals surface area contributed by atoms with Crippen LogP contribution in [0.3, 0.4) is 0 Å². The molecule has 0 atom stereocenters. The van der Waals surface area contributed by atoms with E-state index in [0.29, 0.717) is 14.7 Å². The Morgan fingerprint density at radius 2 is 1.83 bits per heavy atom. The Morgan fingerprint density at radius 3 is 2.42 bits per heavy atom. The summed E-state index contributed by atoms with van der Waals surface area (Å²) >= 11 is 1.85. The van der Waals surface area contributed by atoms with E-state index in [4.69, 9.17) is 4.74 Å². The summed E-state index contributed by atoms with van der Waals surface area (Å²) in [5, 5.41) is 10.1. The van der Waals surface area contributed by atoms with Crippen molar-refractivity contribution >= 4 is 49.5 Å². The Labute approximate surface area is 151 Å². The van der Waals surface area contributed by atoms with Crippen LogP contribution in [0.25, 0.3) is 10.9 Å². The standard InChI is InChI=1S/C16H12INO5S/c1-23-10-7-8-12-13(9-10)18(15(14(12)17)16(19)20)24(21,22)11-5-3-2-4-6-11/h2-9H,1H3,(H,19,20). The molecule has 0 radical (unpaired) electrons. The molecule has 3 aromatic rings. The van der Waals surface area contributed by atoms with E-state index in [0.717, 1.165) is 3.97 Å². The van der Waals surface area contributed by atoms with Crippen LogP contribution in [0.1, 0.15) is 10.5 Å². The lowest BCUT2D eigenvalue weighted by Crippen LogP contribution is -2.19. The first-order chi connectivity index (χ1) is 11.4. The molecule has 0 amide bonds. The zero-order chi connectivity index (χ0) is 17.5. The fraction of sp³-hybridized carbons (Fsp3) is 0.0625. The van der Waals surface area contributed by atoms with Crippen molar-refractivity contribution in [3.63, 3.8) is 0 Å². The first-order valence-corrected chi connectivity index (χ1v) is 9.31. The van der Waals surface area contributed by atoms with Gasteiger partial charge in [0.2, 0.25) is 0 Å². The second kappa shape index (κ2) is 6.10. The number of ether oxygens (including phenoxy) is 1. The molecule has 0 aliphatic heterocycles. The number of aromatic carboxylic acids is 1. The van der Waals surface area contributed by atoms with Crippen molar-refractivity contribution in [3.05, 3.63) is 57.8 Å². The van der Waals surface area contributed by atoms with Crippen LogP contribution in [0.5, 0.6) is 5.75 Å². The lowest BCUT2D eigenvalue weighted by Gasteiger charge is -2.10. The summed E-state index contributed by atoms with van der Waals surface area (Å²) in [5.41, 5.74) is -0.0253. The van der Waals surface area contributed by atoms with Gasteiger partial charge in [-0.1, -0.05) is 18.2 Å². The number of methoxy groups -OCH3 is 1. The quantitative estimate of drug-likeness (QED) is 0.609. The summed E-state index contributed by atoms with van der Waals surface area (Å²) in [5.74, 6) is -0.869. The van der Waals surface area contributed by atoms with E-state index >= 15 is 0 Å². The summed E-state index contributed by atoms with van der Waals surface area (Å²) in [6.07, 6.45) is 0. The topological polar surface area (TPSA) is 85.6 Å². The van der Waals surface area contributed by atoms with Crippen LogP contribution < -0.4 is 4.74 Å². The Kier molecular flexibility index (Phi) is 4.26. The number of benzene rings is 2. The minimum atomic E-state index is -4.07. The van der Waals surface area contributed by atoms with Crippen LogP contribution in [0.2, 0.25) is 0 Å². The zero-order valence-electron chi connectivity index (χ0n) is 12.4. The van der Waals surface area contributed by atoms with Crippen LogP contribution in [-0.4, -0.2) is 30.6 Å².